The number of anilines is 1. The van der Waals surface area contributed by atoms with Gasteiger partial charge in [0.15, 0.2) is 0 Å². The van der Waals surface area contributed by atoms with Crippen LogP contribution < -0.4 is 10.6 Å². The summed E-state index contributed by atoms with van der Waals surface area (Å²) in [4.78, 5) is 23.6. The van der Waals surface area contributed by atoms with Crippen LogP contribution >= 0.6 is 11.6 Å². The molecule has 2 aromatic rings. The summed E-state index contributed by atoms with van der Waals surface area (Å²) in [7, 11) is 1.76. The van der Waals surface area contributed by atoms with Gasteiger partial charge in [-0.05, 0) is 38.4 Å². The van der Waals surface area contributed by atoms with E-state index in [1.165, 1.54) is 12.1 Å². The molecule has 1 amide bonds. The van der Waals surface area contributed by atoms with Crippen molar-refractivity contribution in [3.8, 4) is 0 Å². The van der Waals surface area contributed by atoms with Crippen LogP contribution in [-0.2, 0) is 22.6 Å². The third kappa shape index (κ3) is 4.51. The second-order valence-corrected chi connectivity index (χ2v) is 8.63. The summed E-state index contributed by atoms with van der Waals surface area (Å²) in [6.07, 6.45) is -1.80. The van der Waals surface area contributed by atoms with Gasteiger partial charge in [0.1, 0.15) is 17.2 Å². The number of carbonyl (C=O) groups is 1. The maximum Gasteiger partial charge on any atom is 0.266 e. The Bertz CT molecular complexity index is 1050. The fourth-order valence-corrected chi connectivity index (χ4v) is 4.62. The van der Waals surface area contributed by atoms with Crippen molar-refractivity contribution in [3.05, 3.63) is 51.7 Å². The molecular formula is C22H25ClF3N5O2. The molecule has 0 bridgehead atoms. The lowest BCUT2D eigenvalue weighted by Gasteiger charge is -2.38. The van der Waals surface area contributed by atoms with Gasteiger partial charge in [0, 0.05) is 24.3 Å². The molecule has 3 heterocycles. The first-order valence-corrected chi connectivity index (χ1v) is 11.1. The number of aromatic nitrogens is 2. The van der Waals surface area contributed by atoms with E-state index in [9.17, 15) is 18.0 Å². The fraction of sp³-hybridized carbons (Fsp3) is 0.500. The number of nitrogens with one attached hydrogen (secondary N) is 2. The van der Waals surface area contributed by atoms with E-state index in [-0.39, 0.29) is 29.8 Å². The molecule has 0 aliphatic carbocycles. The monoisotopic (exact) mass is 483 g/mol. The Morgan fingerprint density at radius 2 is 1.91 bits per heavy atom. The summed E-state index contributed by atoms with van der Waals surface area (Å²) in [5, 5.41) is 6.22. The maximum atomic E-state index is 14.6. The van der Waals surface area contributed by atoms with Crippen molar-refractivity contribution >= 4 is 23.3 Å². The molecule has 1 aromatic heterocycles. The molecule has 1 aromatic carbocycles. The number of hydrogen-bond donors (Lipinski definition) is 2. The molecule has 2 N–H and O–H groups in total. The van der Waals surface area contributed by atoms with Crippen molar-refractivity contribution in [1.82, 2.24) is 20.2 Å². The highest BCUT2D eigenvalue weighted by Gasteiger charge is 2.43. The minimum Gasteiger partial charge on any atom is -0.381 e. The van der Waals surface area contributed by atoms with Crippen molar-refractivity contribution in [2.75, 3.05) is 25.6 Å². The average molecular weight is 484 g/mol. The first kappa shape index (κ1) is 23.7. The summed E-state index contributed by atoms with van der Waals surface area (Å²) in [5.74, 6) is -0.672. The van der Waals surface area contributed by atoms with Crippen molar-refractivity contribution in [3.63, 3.8) is 0 Å². The molecule has 0 spiro atoms. The van der Waals surface area contributed by atoms with Crippen LogP contribution in [0.4, 0.5) is 19.0 Å². The van der Waals surface area contributed by atoms with Gasteiger partial charge < -0.3 is 20.3 Å². The van der Waals surface area contributed by atoms with E-state index < -0.39 is 29.4 Å². The second-order valence-electron chi connectivity index (χ2n) is 8.29. The Labute approximate surface area is 194 Å². The molecule has 0 radical (unpaired) electrons. The molecule has 0 unspecified atom stereocenters. The quantitative estimate of drug-likeness (QED) is 0.605. The molecule has 1 fully saturated rings. The maximum absolute atomic E-state index is 14.6. The van der Waals surface area contributed by atoms with E-state index in [0.29, 0.717) is 43.1 Å². The molecule has 4 rings (SSSR count). The van der Waals surface area contributed by atoms with Gasteiger partial charge in [0.05, 0.1) is 30.4 Å². The lowest BCUT2D eigenvalue weighted by atomic mass is 9.88. The number of rotatable bonds is 6. The van der Waals surface area contributed by atoms with Crippen LogP contribution in [0.2, 0.25) is 5.28 Å². The van der Waals surface area contributed by atoms with Crippen LogP contribution in [0.25, 0.3) is 0 Å². The van der Waals surface area contributed by atoms with E-state index in [1.54, 1.807) is 18.9 Å². The van der Waals surface area contributed by atoms with E-state index in [0.717, 1.165) is 6.07 Å². The number of halogens is 4. The number of nitrogens with zero attached hydrogens (tertiary/aromatic N) is 3. The zero-order valence-corrected chi connectivity index (χ0v) is 19.1. The van der Waals surface area contributed by atoms with Gasteiger partial charge in [0.25, 0.3) is 6.43 Å². The van der Waals surface area contributed by atoms with Crippen molar-refractivity contribution < 1.29 is 22.7 Å². The first-order valence-electron chi connectivity index (χ1n) is 10.7. The Hall–Kier alpha value is -2.43. The van der Waals surface area contributed by atoms with E-state index in [1.807, 2.05) is 0 Å². The van der Waals surface area contributed by atoms with E-state index in [4.69, 9.17) is 16.3 Å². The third-order valence-electron chi connectivity index (χ3n) is 6.39. The third-order valence-corrected chi connectivity index (χ3v) is 6.56. The predicted octanol–water partition coefficient (Wildman–Crippen LogP) is 3.99. The number of fused-ring (bicyclic) bond motifs is 1. The van der Waals surface area contributed by atoms with Gasteiger partial charge in [-0.3, -0.25) is 4.79 Å². The molecule has 11 heteroatoms. The normalized spacial score (nSPS) is 18.3. The molecule has 1 atom stereocenters. The second kappa shape index (κ2) is 9.44. The number of hydrogen-bond acceptors (Lipinski definition) is 6. The number of alkyl halides is 2. The number of benzene rings is 1. The van der Waals surface area contributed by atoms with Gasteiger partial charge >= 0.3 is 0 Å². The van der Waals surface area contributed by atoms with Crippen LogP contribution in [0.15, 0.2) is 18.2 Å². The Kier molecular flexibility index (Phi) is 6.78. The minimum atomic E-state index is -2.92. The summed E-state index contributed by atoms with van der Waals surface area (Å²) >= 11 is 6.12. The van der Waals surface area contributed by atoms with Gasteiger partial charge in [0.2, 0.25) is 11.2 Å². The largest absolute Gasteiger partial charge is 0.381 e. The zero-order chi connectivity index (χ0) is 23.8. The van der Waals surface area contributed by atoms with E-state index in [2.05, 4.69) is 20.6 Å². The topological polar surface area (TPSA) is 79.4 Å². The molecule has 0 saturated carbocycles. The van der Waals surface area contributed by atoms with Crippen LogP contribution in [0.3, 0.4) is 0 Å². The van der Waals surface area contributed by atoms with Crippen molar-refractivity contribution in [2.24, 2.45) is 0 Å². The Morgan fingerprint density at radius 3 is 2.58 bits per heavy atom. The molecular weight excluding hydrogens is 459 g/mol. The lowest BCUT2D eigenvalue weighted by Crippen LogP contribution is -2.58. The summed E-state index contributed by atoms with van der Waals surface area (Å²) in [6.45, 7) is 3.15. The standard InChI is InChI=1S/C22H25ClF3N5O2/c1-12(13-4-3-5-14(17(13)24)18(25)26)28-19-15-10-31(11-16(15)29-21(23)30-19)20(32)22(27-2)6-8-33-9-7-22/h3-5,12,18,27H,6-11H2,1-2H3,(H,28,29,30)/t12-/m1/s1. The summed E-state index contributed by atoms with van der Waals surface area (Å²) < 4.78 is 46.3. The number of ether oxygens (including phenoxy) is 1. The smallest absolute Gasteiger partial charge is 0.266 e. The molecule has 178 valence electrons. The highest BCUT2D eigenvalue weighted by molar-refractivity contribution is 6.28. The summed E-state index contributed by atoms with van der Waals surface area (Å²) in [5.41, 5.74) is -0.0187. The van der Waals surface area contributed by atoms with Crippen LogP contribution in [0.1, 0.15) is 54.6 Å². The zero-order valence-electron chi connectivity index (χ0n) is 18.3. The number of likely N-dealkylation sites (N-methyl/N-ethyl adjacent to an activating group) is 1. The SMILES string of the molecule is CNC1(C(=O)N2Cc3nc(Cl)nc(N[C@H](C)c4cccc(C(F)F)c4F)c3C2)CCOCC1. The molecule has 2 aliphatic heterocycles. The molecule has 2 aliphatic rings. The van der Waals surface area contributed by atoms with Crippen LogP contribution in [0.5, 0.6) is 0 Å². The minimum absolute atomic E-state index is 0.0195. The highest BCUT2D eigenvalue weighted by atomic mass is 35.5. The molecule has 1 saturated heterocycles. The fourth-order valence-electron chi connectivity index (χ4n) is 4.44. The Balaban J connectivity index is 1.58. The van der Waals surface area contributed by atoms with Gasteiger partial charge in [-0.25, -0.2) is 23.1 Å². The first-order chi connectivity index (χ1) is 15.8. The average Bonchev–Trinajstić information content (AvgIpc) is 3.23. The predicted molar refractivity (Wildman–Crippen MR) is 117 cm³/mol. The molecule has 7 nitrogen and oxygen atoms in total. The van der Waals surface area contributed by atoms with E-state index >= 15 is 0 Å². The highest BCUT2D eigenvalue weighted by Crippen LogP contribution is 2.34. The molecule has 33 heavy (non-hydrogen) atoms. The van der Waals surface area contributed by atoms with Gasteiger partial charge in [-0.1, -0.05) is 18.2 Å². The Morgan fingerprint density at radius 1 is 1.21 bits per heavy atom. The van der Waals surface area contributed by atoms with Crippen LogP contribution in [-0.4, -0.2) is 46.6 Å². The number of carbonyl (C=O) groups excluding carboxylic acids is 1. The van der Waals surface area contributed by atoms with Crippen LogP contribution in [0, 0.1) is 5.82 Å². The van der Waals surface area contributed by atoms with Gasteiger partial charge in [-0.15, -0.1) is 0 Å². The van der Waals surface area contributed by atoms with Crippen molar-refractivity contribution in [2.45, 2.75) is 50.9 Å². The lowest BCUT2D eigenvalue weighted by molar-refractivity contribution is -0.143. The summed E-state index contributed by atoms with van der Waals surface area (Å²) in [6, 6.07) is 3.22. The van der Waals surface area contributed by atoms with Gasteiger partial charge in [-0.2, -0.15) is 0 Å². The number of amides is 1. The van der Waals surface area contributed by atoms with Crippen molar-refractivity contribution in [1.29, 1.82) is 0 Å².